The molecule has 1 aromatic carbocycles. The van der Waals surface area contributed by atoms with Gasteiger partial charge in [-0.15, -0.1) is 11.8 Å². The molecule has 0 saturated heterocycles. The summed E-state index contributed by atoms with van der Waals surface area (Å²) >= 11 is 1.92. The summed E-state index contributed by atoms with van der Waals surface area (Å²) in [6, 6.07) is 6.65. The normalized spacial score (nSPS) is 10.9. The van der Waals surface area contributed by atoms with E-state index in [0.717, 1.165) is 13.0 Å². The largest absolute Gasteiger partial charge is 0.330 e. The van der Waals surface area contributed by atoms with Gasteiger partial charge < -0.3 is 5.73 Å². The van der Waals surface area contributed by atoms with Crippen LogP contribution in [0, 0.1) is 6.92 Å². The number of hydrogen-bond donors (Lipinski definition) is 1. The van der Waals surface area contributed by atoms with Gasteiger partial charge in [0.2, 0.25) is 0 Å². The molecule has 0 amide bonds. The Balaban J connectivity index is 2.79. The molecule has 2 heteroatoms. The third-order valence-electron chi connectivity index (χ3n) is 2.04. The maximum Gasteiger partial charge on any atom is 0.0104 e. The van der Waals surface area contributed by atoms with Crippen LogP contribution in [0.3, 0.4) is 0 Å². The lowest BCUT2D eigenvalue weighted by atomic mass is 10.1. The first-order valence-corrected chi connectivity index (χ1v) is 5.97. The molecule has 0 unspecified atom stereocenters. The second-order valence-corrected chi connectivity index (χ2v) is 5.42. The van der Waals surface area contributed by atoms with Gasteiger partial charge in [0.15, 0.2) is 0 Å². The molecular weight excluding hydrogens is 190 g/mol. The SMILES string of the molecule is Cc1cc(CCN)ccc1SC(C)C. The second kappa shape index (κ2) is 5.42. The summed E-state index contributed by atoms with van der Waals surface area (Å²) in [5.74, 6) is 0. The third-order valence-corrected chi connectivity index (χ3v) is 3.22. The van der Waals surface area contributed by atoms with Gasteiger partial charge in [-0.2, -0.15) is 0 Å². The van der Waals surface area contributed by atoms with E-state index in [-0.39, 0.29) is 0 Å². The molecular formula is C12H19NS. The fourth-order valence-electron chi connectivity index (χ4n) is 1.42. The van der Waals surface area contributed by atoms with Crippen molar-refractivity contribution < 1.29 is 0 Å². The molecule has 0 aliphatic rings. The number of rotatable bonds is 4. The van der Waals surface area contributed by atoms with Gasteiger partial charge in [0, 0.05) is 10.1 Å². The van der Waals surface area contributed by atoms with Gasteiger partial charge >= 0.3 is 0 Å². The predicted molar refractivity (Wildman–Crippen MR) is 64.9 cm³/mol. The van der Waals surface area contributed by atoms with Crippen molar-refractivity contribution in [2.75, 3.05) is 6.54 Å². The molecule has 1 nitrogen and oxygen atoms in total. The number of benzene rings is 1. The summed E-state index contributed by atoms with van der Waals surface area (Å²) in [6.07, 6.45) is 0.980. The Morgan fingerprint density at radius 3 is 2.57 bits per heavy atom. The first-order chi connectivity index (χ1) is 6.63. The van der Waals surface area contributed by atoms with E-state index in [1.54, 1.807) is 0 Å². The van der Waals surface area contributed by atoms with Crippen LogP contribution in [0.2, 0.25) is 0 Å². The second-order valence-electron chi connectivity index (χ2n) is 3.81. The zero-order chi connectivity index (χ0) is 10.6. The molecule has 0 spiro atoms. The Labute approximate surface area is 91.1 Å². The quantitative estimate of drug-likeness (QED) is 0.771. The fourth-order valence-corrected chi connectivity index (χ4v) is 2.32. The van der Waals surface area contributed by atoms with Gasteiger partial charge in [0.1, 0.15) is 0 Å². The lowest BCUT2D eigenvalue weighted by Crippen LogP contribution is -2.02. The molecule has 0 saturated carbocycles. The highest BCUT2D eigenvalue weighted by Gasteiger charge is 2.02. The van der Waals surface area contributed by atoms with Crippen LogP contribution in [0.4, 0.5) is 0 Å². The number of thioether (sulfide) groups is 1. The zero-order valence-electron chi connectivity index (χ0n) is 9.21. The van der Waals surface area contributed by atoms with Crippen LogP contribution in [-0.2, 0) is 6.42 Å². The fraction of sp³-hybridized carbons (Fsp3) is 0.500. The highest BCUT2D eigenvalue weighted by Crippen LogP contribution is 2.26. The van der Waals surface area contributed by atoms with Crippen LogP contribution in [0.15, 0.2) is 23.1 Å². The van der Waals surface area contributed by atoms with Crippen LogP contribution in [0.1, 0.15) is 25.0 Å². The monoisotopic (exact) mass is 209 g/mol. The minimum Gasteiger partial charge on any atom is -0.330 e. The van der Waals surface area contributed by atoms with Gasteiger partial charge in [0.25, 0.3) is 0 Å². The van der Waals surface area contributed by atoms with Crippen molar-refractivity contribution in [3.05, 3.63) is 29.3 Å². The van der Waals surface area contributed by atoms with E-state index in [9.17, 15) is 0 Å². The zero-order valence-corrected chi connectivity index (χ0v) is 10.0. The van der Waals surface area contributed by atoms with Gasteiger partial charge in [-0.05, 0) is 37.1 Å². The lowest BCUT2D eigenvalue weighted by Gasteiger charge is -2.09. The van der Waals surface area contributed by atoms with Crippen molar-refractivity contribution >= 4 is 11.8 Å². The van der Waals surface area contributed by atoms with Gasteiger partial charge in [-0.3, -0.25) is 0 Å². The molecule has 0 atom stereocenters. The Bertz CT molecular complexity index is 294. The molecule has 0 bridgehead atoms. The molecule has 2 N–H and O–H groups in total. The third kappa shape index (κ3) is 3.35. The van der Waals surface area contributed by atoms with Crippen LogP contribution < -0.4 is 5.73 Å². The van der Waals surface area contributed by atoms with Crippen LogP contribution in [-0.4, -0.2) is 11.8 Å². The van der Waals surface area contributed by atoms with Crippen LogP contribution in [0.5, 0.6) is 0 Å². The van der Waals surface area contributed by atoms with Crippen molar-refractivity contribution in [1.29, 1.82) is 0 Å². The summed E-state index contributed by atoms with van der Waals surface area (Å²) in [5.41, 5.74) is 8.24. The molecule has 14 heavy (non-hydrogen) atoms. The van der Waals surface area contributed by atoms with E-state index in [1.807, 2.05) is 11.8 Å². The minimum absolute atomic E-state index is 0.647. The molecule has 1 rings (SSSR count). The Morgan fingerprint density at radius 2 is 2.07 bits per heavy atom. The van der Waals surface area contributed by atoms with Crippen molar-refractivity contribution in [3.63, 3.8) is 0 Å². The van der Waals surface area contributed by atoms with E-state index in [2.05, 4.69) is 39.0 Å². The Kier molecular flexibility index (Phi) is 4.49. The van der Waals surface area contributed by atoms with Crippen molar-refractivity contribution in [2.45, 2.75) is 37.3 Å². The average molecular weight is 209 g/mol. The summed E-state index contributed by atoms with van der Waals surface area (Å²) < 4.78 is 0. The first-order valence-electron chi connectivity index (χ1n) is 5.09. The maximum atomic E-state index is 5.52. The number of nitrogens with two attached hydrogens (primary N) is 1. The summed E-state index contributed by atoms with van der Waals surface area (Å²) in [6.45, 7) is 7.34. The predicted octanol–water partition coefficient (Wildman–Crippen LogP) is 3.00. The first kappa shape index (κ1) is 11.6. The molecule has 0 aliphatic carbocycles. The average Bonchev–Trinajstić information content (AvgIpc) is 2.10. The molecule has 0 radical (unpaired) electrons. The van der Waals surface area contributed by atoms with Crippen LogP contribution in [0.25, 0.3) is 0 Å². The van der Waals surface area contributed by atoms with E-state index in [4.69, 9.17) is 5.73 Å². The highest BCUT2D eigenvalue weighted by atomic mass is 32.2. The van der Waals surface area contributed by atoms with Gasteiger partial charge in [-0.1, -0.05) is 26.0 Å². The van der Waals surface area contributed by atoms with Crippen LogP contribution >= 0.6 is 11.8 Å². The van der Waals surface area contributed by atoms with E-state index in [0.29, 0.717) is 5.25 Å². The maximum absolute atomic E-state index is 5.52. The molecule has 78 valence electrons. The van der Waals surface area contributed by atoms with E-state index >= 15 is 0 Å². The number of hydrogen-bond acceptors (Lipinski definition) is 2. The number of aryl methyl sites for hydroxylation is 1. The Hall–Kier alpha value is -0.470. The molecule has 0 aliphatic heterocycles. The molecule has 0 heterocycles. The van der Waals surface area contributed by atoms with Crippen molar-refractivity contribution in [3.8, 4) is 0 Å². The summed E-state index contributed by atoms with van der Waals surface area (Å²) in [7, 11) is 0. The van der Waals surface area contributed by atoms with Gasteiger partial charge in [-0.25, -0.2) is 0 Å². The molecule has 1 aromatic rings. The van der Waals surface area contributed by atoms with Crippen molar-refractivity contribution in [2.24, 2.45) is 5.73 Å². The van der Waals surface area contributed by atoms with E-state index in [1.165, 1.54) is 16.0 Å². The highest BCUT2D eigenvalue weighted by molar-refractivity contribution is 8.00. The topological polar surface area (TPSA) is 26.0 Å². The van der Waals surface area contributed by atoms with Crippen molar-refractivity contribution in [1.82, 2.24) is 0 Å². The summed E-state index contributed by atoms with van der Waals surface area (Å²) in [4.78, 5) is 1.39. The Morgan fingerprint density at radius 1 is 1.36 bits per heavy atom. The lowest BCUT2D eigenvalue weighted by molar-refractivity contribution is 0.962. The molecule has 0 fully saturated rings. The van der Waals surface area contributed by atoms with Gasteiger partial charge in [0.05, 0.1) is 0 Å². The van der Waals surface area contributed by atoms with E-state index < -0.39 is 0 Å². The smallest absolute Gasteiger partial charge is 0.0104 e. The summed E-state index contributed by atoms with van der Waals surface area (Å²) in [5, 5.41) is 0.647. The standard InChI is InChI=1S/C12H19NS/c1-9(2)14-12-5-4-11(6-7-13)8-10(12)3/h4-5,8-9H,6-7,13H2,1-3H3. The molecule has 0 aromatic heterocycles. The minimum atomic E-state index is 0.647.